The van der Waals surface area contributed by atoms with Crippen LogP contribution in [-0.2, 0) is 11.2 Å². The molecule has 0 fully saturated rings. The largest absolute Gasteiger partial charge is 0.493 e. The number of hydrogen-bond acceptors (Lipinski definition) is 8. The van der Waals surface area contributed by atoms with Crippen molar-refractivity contribution in [3.63, 3.8) is 0 Å². The molecule has 4 rings (SSSR count). The van der Waals surface area contributed by atoms with Gasteiger partial charge in [-0.05, 0) is 47.9 Å². The van der Waals surface area contributed by atoms with Crippen molar-refractivity contribution in [1.29, 1.82) is 0 Å². The summed E-state index contributed by atoms with van der Waals surface area (Å²) in [7, 11) is 4.60. The molecule has 0 spiro atoms. The molecule has 0 amide bonds. The lowest BCUT2D eigenvalue weighted by molar-refractivity contribution is -0.138. The molecule has 2 aromatic rings. The minimum absolute atomic E-state index is 0.0469. The number of benzene rings is 2. The van der Waals surface area contributed by atoms with Crippen molar-refractivity contribution in [3.05, 3.63) is 23.3 Å². The number of carbonyl (C=O) groups excluding carboxylic acids is 1. The van der Waals surface area contributed by atoms with Gasteiger partial charge in [-0.25, -0.2) is 0 Å². The Morgan fingerprint density at radius 1 is 1.06 bits per heavy atom. The molecule has 1 aliphatic carbocycles. The first kappa shape index (κ1) is 25.0. The van der Waals surface area contributed by atoms with E-state index in [9.17, 15) is 9.90 Å². The molecule has 2 aromatic carbocycles. The maximum atomic E-state index is 13.0. The van der Waals surface area contributed by atoms with E-state index >= 15 is 0 Å². The monoisotopic (exact) mass is 486 g/mol. The molecule has 1 heterocycles. The van der Waals surface area contributed by atoms with Gasteiger partial charge in [0.1, 0.15) is 0 Å². The van der Waals surface area contributed by atoms with E-state index in [-0.39, 0.29) is 36.3 Å². The van der Waals surface area contributed by atoms with E-state index in [1.807, 2.05) is 26.8 Å². The summed E-state index contributed by atoms with van der Waals surface area (Å²) in [6, 6.07) is 3.70. The molecule has 35 heavy (non-hydrogen) atoms. The van der Waals surface area contributed by atoms with Crippen LogP contribution in [0.1, 0.15) is 51.3 Å². The Balaban J connectivity index is 2.13. The molecular formula is C27H34O8. The molecule has 1 N–H and O–H groups in total. The molecule has 8 nitrogen and oxygen atoms in total. The third-order valence-electron chi connectivity index (χ3n) is 7.29. The third kappa shape index (κ3) is 4.14. The lowest BCUT2D eigenvalue weighted by Crippen LogP contribution is -2.23. The number of rotatable bonds is 6. The molecule has 8 heteroatoms. The summed E-state index contributed by atoms with van der Waals surface area (Å²) in [5.74, 6) is 1.66. The van der Waals surface area contributed by atoms with E-state index < -0.39 is 6.10 Å². The van der Waals surface area contributed by atoms with Crippen LogP contribution in [0.4, 0.5) is 0 Å². The van der Waals surface area contributed by atoms with Crippen molar-refractivity contribution in [3.8, 4) is 45.6 Å². The van der Waals surface area contributed by atoms with Crippen LogP contribution < -0.4 is 28.4 Å². The first-order valence-corrected chi connectivity index (χ1v) is 12.0. The van der Waals surface area contributed by atoms with Crippen LogP contribution in [0.15, 0.2) is 12.1 Å². The van der Waals surface area contributed by atoms with Crippen molar-refractivity contribution in [1.82, 2.24) is 0 Å². The predicted octanol–water partition coefficient (Wildman–Crippen LogP) is 4.92. The first-order valence-electron chi connectivity index (χ1n) is 12.0. The zero-order chi connectivity index (χ0) is 25.4. The fraction of sp³-hybridized carbons (Fsp3) is 0.519. The summed E-state index contributed by atoms with van der Waals surface area (Å²) in [5.41, 5.74) is 2.70. The van der Waals surface area contributed by atoms with Crippen molar-refractivity contribution in [2.75, 3.05) is 28.1 Å². The Kier molecular flexibility index (Phi) is 7.03. The molecule has 0 bridgehead atoms. The van der Waals surface area contributed by atoms with E-state index in [0.717, 1.165) is 5.56 Å². The Bertz CT molecular complexity index is 1130. The Labute approximate surface area is 206 Å². The topological polar surface area (TPSA) is 92.7 Å². The predicted molar refractivity (Wildman–Crippen MR) is 130 cm³/mol. The number of fused-ring (bicyclic) bond motifs is 4. The van der Waals surface area contributed by atoms with Crippen LogP contribution in [0.25, 0.3) is 11.1 Å². The van der Waals surface area contributed by atoms with E-state index in [4.69, 9.17) is 28.4 Å². The van der Waals surface area contributed by atoms with Crippen LogP contribution in [0.5, 0.6) is 34.5 Å². The van der Waals surface area contributed by atoms with Gasteiger partial charge < -0.3 is 33.5 Å². The lowest BCUT2D eigenvalue weighted by Gasteiger charge is -2.33. The fourth-order valence-electron chi connectivity index (χ4n) is 4.76. The maximum Gasteiger partial charge on any atom is 0.314 e. The molecule has 0 radical (unpaired) electrons. The van der Waals surface area contributed by atoms with Gasteiger partial charge in [-0.2, -0.15) is 0 Å². The summed E-state index contributed by atoms with van der Waals surface area (Å²) < 4.78 is 34.7. The normalized spacial score (nSPS) is 21.2. The van der Waals surface area contributed by atoms with Gasteiger partial charge in [0, 0.05) is 11.1 Å². The number of aliphatic hydroxyl groups is 1. The van der Waals surface area contributed by atoms with Crippen LogP contribution >= 0.6 is 0 Å². The average Bonchev–Trinajstić information content (AvgIpc) is 3.33. The second kappa shape index (κ2) is 9.85. The number of ether oxygens (including phenoxy) is 6. The molecule has 0 saturated heterocycles. The lowest BCUT2D eigenvalue weighted by atomic mass is 9.76. The van der Waals surface area contributed by atoms with Crippen LogP contribution in [0.2, 0.25) is 0 Å². The second-order valence-corrected chi connectivity index (χ2v) is 9.30. The molecule has 1 aliphatic heterocycles. The van der Waals surface area contributed by atoms with Crippen molar-refractivity contribution >= 4 is 5.97 Å². The minimum atomic E-state index is -0.817. The first-order chi connectivity index (χ1) is 16.8. The van der Waals surface area contributed by atoms with E-state index in [1.54, 1.807) is 20.3 Å². The summed E-state index contributed by atoms with van der Waals surface area (Å²) in [6.45, 7) is 7.90. The fourth-order valence-corrected chi connectivity index (χ4v) is 4.76. The Morgan fingerprint density at radius 2 is 1.77 bits per heavy atom. The van der Waals surface area contributed by atoms with Crippen molar-refractivity contribution in [2.24, 2.45) is 17.8 Å². The van der Waals surface area contributed by atoms with E-state index in [2.05, 4.69) is 6.92 Å². The van der Waals surface area contributed by atoms with E-state index in [1.165, 1.54) is 7.11 Å². The molecule has 190 valence electrons. The molecule has 2 aliphatic rings. The molecule has 4 atom stereocenters. The third-order valence-corrected chi connectivity index (χ3v) is 7.29. The molecule has 1 unspecified atom stereocenters. The highest BCUT2D eigenvalue weighted by atomic mass is 16.7. The van der Waals surface area contributed by atoms with Crippen LogP contribution in [-0.4, -0.2) is 39.2 Å². The molecular weight excluding hydrogens is 452 g/mol. The summed E-state index contributed by atoms with van der Waals surface area (Å²) in [6.07, 6.45) is 0.417. The molecule has 0 saturated carbocycles. The SMILES string of the molecule is CCC(C)C(=O)Oc1c(OC)c(OC)cc2c1-c1c(cc3c(c1OC)OCO3)[C@@H](O)[C@H](C)[C@H](C)C2. The summed E-state index contributed by atoms with van der Waals surface area (Å²) >= 11 is 0. The maximum absolute atomic E-state index is 13.0. The van der Waals surface area contributed by atoms with Crippen LogP contribution in [0, 0.1) is 17.8 Å². The number of methoxy groups -OCH3 is 3. The van der Waals surface area contributed by atoms with Gasteiger partial charge in [-0.3, -0.25) is 4.79 Å². The summed E-state index contributed by atoms with van der Waals surface area (Å²) in [5, 5.41) is 11.5. The summed E-state index contributed by atoms with van der Waals surface area (Å²) in [4.78, 5) is 13.0. The van der Waals surface area contributed by atoms with Gasteiger partial charge >= 0.3 is 5.97 Å². The van der Waals surface area contributed by atoms with Crippen LogP contribution in [0.3, 0.4) is 0 Å². The zero-order valence-electron chi connectivity index (χ0n) is 21.4. The van der Waals surface area contributed by atoms with Gasteiger partial charge in [0.2, 0.25) is 18.3 Å². The highest BCUT2D eigenvalue weighted by Gasteiger charge is 2.38. The van der Waals surface area contributed by atoms with Crippen molar-refractivity contribution in [2.45, 2.75) is 46.6 Å². The highest BCUT2D eigenvalue weighted by Crippen LogP contribution is 2.58. The minimum Gasteiger partial charge on any atom is -0.493 e. The van der Waals surface area contributed by atoms with Gasteiger partial charge in [-0.15, -0.1) is 0 Å². The van der Waals surface area contributed by atoms with Gasteiger partial charge in [0.05, 0.1) is 33.4 Å². The quantitative estimate of drug-likeness (QED) is 0.454. The van der Waals surface area contributed by atoms with Gasteiger partial charge in [0.15, 0.2) is 23.0 Å². The number of carbonyl (C=O) groups is 1. The number of esters is 1. The zero-order valence-corrected chi connectivity index (χ0v) is 21.4. The molecule has 0 aromatic heterocycles. The number of hydrogen-bond donors (Lipinski definition) is 1. The Morgan fingerprint density at radius 3 is 2.40 bits per heavy atom. The smallest absolute Gasteiger partial charge is 0.314 e. The average molecular weight is 487 g/mol. The Hall–Kier alpha value is -3.13. The van der Waals surface area contributed by atoms with Crippen molar-refractivity contribution < 1.29 is 38.3 Å². The van der Waals surface area contributed by atoms with E-state index in [0.29, 0.717) is 58.3 Å². The number of aliphatic hydroxyl groups excluding tert-OH is 1. The van der Waals surface area contributed by atoms with Gasteiger partial charge in [0.25, 0.3) is 0 Å². The standard InChI is InChI=1S/C27H34O8/c1-8-13(2)27(29)35-26-20-16(10-18(30-5)23(26)31-6)9-14(3)15(4)22(28)17-11-19-24(34-12-33-19)25(32-7)21(17)20/h10-11,13-15,22,28H,8-9,12H2,1-7H3/t13?,14-,15-,22+/m1/s1. The second-order valence-electron chi connectivity index (χ2n) is 9.30. The van der Waals surface area contributed by atoms with Gasteiger partial charge in [-0.1, -0.05) is 27.7 Å². The highest BCUT2D eigenvalue weighted by molar-refractivity contribution is 5.91.